The number of ether oxygens (including phenoxy) is 1. The Kier molecular flexibility index (Phi) is 6.37. The summed E-state index contributed by atoms with van der Waals surface area (Å²) in [6.45, 7) is 4.16. The normalized spacial score (nSPS) is 19.1. The zero-order valence-corrected chi connectivity index (χ0v) is 19.4. The molecule has 5 nitrogen and oxygen atoms in total. The number of fused-ring (bicyclic) bond motifs is 1. The van der Waals surface area contributed by atoms with Gasteiger partial charge in [-0.05, 0) is 62.4 Å². The number of rotatable bonds is 5. The van der Waals surface area contributed by atoms with Crippen molar-refractivity contribution in [2.24, 2.45) is 0 Å². The first kappa shape index (κ1) is 21.4. The van der Waals surface area contributed by atoms with E-state index in [0.717, 1.165) is 49.9 Å². The predicted octanol–water partition coefficient (Wildman–Crippen LogP) is 5.66. The number of nitrogens with one attached hydrogen (secondary N) is 1. The first-order valence-corrected chi connectivity index (χ1v) is 12.1. The van der Waals surface area contributed by atoms with Crippen LogP contribution in [0.25, 0.3) is 5.69 Å². The highest BCUT2D eigenvalue weighted by atomic mass is 35.5. The summed E-state index contributed by atoms with van der Waals surface area (Å²) < 4.78 is 7.70. The molecule has 0 spiro atoms. The molecule has 3 heterocycles. The predicted molar refractivity (Wildman–Crippen MR) is 130 cm³/mol. The van der Waals surface area contributed by atoms with Crippen LogP contribution in [0.5, 0.6) is 5.75 Å². The van der Waals surface area contributed by atoms with Gasteiger partial charge < -0.3 is 10.1 Å². The number of methoxy groups -OCH3 is 1. The van der Waals surface area contributed by atoms with Crippen molar-refractivity contribution >= 4 is 17.4 Å². The molecule has 0 aliphatic carbocycles. The first-order chi connectivity index (χ1) is 15.7. The molecule has 1 fully saturated rings. The van der Waals surface area contributed by atoms with Gasteiger partial charge in [-0.1, -0.05) is 41.9 Å². The number of hydrogen-bond donors (Lipinski definition) is 1. The van der Waals surface area contributed by atoms with Crippen molar-refractivity contribution < 1.29 is 4.74 Å². The Balaban J connectivity index is 1.50. The summed E-state index contributed by atoms with van der Waals surface area (Å²) in [6, 6.07) is 16.5. The fourth-order valence-electron chi connectivity index (χ4n) is 5.12. The van der Waals surface area contributed by atoms with Gasteiger partial charge in [0.25, 0.3) is 0 Å². The highest BCUT2D eigenvalue weighted by Gasteiger charge is 2.30. The number of halogens is 1. The largest absolute Gasteiger partial charge is 0.494 e. The molecule has 0 amide bonds. The van der Waals surface area contributed by atoms with Crippen molar-refractivity contribution in [3.63, 3.8) is 0 Å². The van der Waals surface area contributed by atoms with Crippen LogP contribution in [-0.2, 0) is 13.0 Å². The Morgan fingerprint density at radius 2 is 2.00 bits per heavy atom. The zero-order chi connectivity index (χ0) is 21.9. The molecule has 1 saturated heterocycles. The minimum atomic E-state index is 0.438. The smallest absolute Gasteiger partial charge is 0.144 e. The summed E-state index contributed by atoms with van der Waals surface area (Å²) in [4.78, 5) is 2.58. The van der Waals surface area contributed by atoms with Crippen molar-refractivity contribution in [2.75, 3.05) is 32.1 Å². The van der Waals surface area contributed by atoms with Crippen molar-refractivity contribution in [3.8, 4) is 11.4 Å². The topological polar surface area (TPSA) is 42.3 Å². The van der Waals surface area contributed by atoms with Gasteiger partial charge in [0.15, 0.2) is 0 Å². The lowest BCUT2D eigenvalue weighted by atomic mass is 9.91. The van der Waals surface area contributed by atoms with Crippen molar-refractivity contribution in [1.29, 1.82) is 0 Å². The molecule has 1 aromatic heterocycles. The second kappa shape index (κ2) is 9.55. The van der Waals surface area contributed by atoms with Crippen LogP contribution in [0.1, 0.15) is 48.4 Å². The van der Waals surface area contributed by atoms with Gasteiger partial charge in [0.1, 0.15) is 17.3 Å². The van der Waals surface area contributed by atoms with Crippen LogP contribution in [0, 0.1) is 0 Å². The van der Waals surface area contributed by atoms with Crippen LogP contribution in [0.3, 0.4) is 0 Å². The molecule has 2 aromatic carbocycles. The van der Waals surface area contributed by atoms with Crippen LogP contribution in [0.4, 0.5) is 5.82 Å². The zero-order valence-electron chi connectivity index (χ0n) is 18.7. The van der Waals surface area contributed by atoms with Gasteiger partial charge in [-0.15, -0.1) is 0 Å². The van der Waals surface area contributed by atoms with Gasteiger partial charge in [0, 0.05) is 36.1 Å². The van der Waals surface area contributed by atoms with E-state index >= 15 is 0 Å². The third-order valence-corrected chi connectivity index (χ3v) is 6.91. The Labute approximate surface area is 195 Å². The summed E-state index contributed by atoms with van der Waals surface area (Å²) in [5.41, 5.74) is 4.89. The van der Waals surface area contributed by atoms with E-state index in [1.807, 2.05) is 22.9 Å². The molecule has 168 valence electrons. The van der Waals surface area contributed by atoms with E-state index in [9.17, 15) is 0 Å². The van der Waals surface area contributed by atoms with Crippen LogP contribution in [0.15, 0.2) is 48.5 Å². The number of piperidine rings is 1. The minimum Gasteiger partial charge on any atom is -0.494 e. The Morgan fingerprint density at radius 3 is 2.84 bits per heavy atom. The summed E-state index contributed by atoms with van der Waals surface area (Å²) in [5, 5.41) is 9.56. The van der Waals surface area contributed by atoms with Crippen LogP contribution < -0.4 is 10.1 Å². The molecule has 0 saturated carbocycles. The Morgan fingerprint density at radius 1 is 1.12 bits per heavy atom. The molecular weight excluding hydrogens is 420 g/mol. The van der Waals surface area contributed by atoms with E-state index in [1.54, 1.807) is 7.11 Å². The fourth-order valence-corrected chi connectivity index (χ4v) is 5.29. The van der Waals surface area contributed by atoms with Gasteiger partial charge in [-0.25, -0.2) is 4.68 Å². The number of benzene rings is 2. The Hall–Kier alpha value is -2.50. The third-order valence-electron chi connectivity index (χ3n) is 6.67. The average Bonchev–Trinajstić information content (AvgIpc) is 3.00. The highest BCUT2D eigenvalue weighted by Crippen LogP contribution is 2.38. The maximum atomic E-state index is 6.37. The number of likely N-dealkylation sites (tertiary alicyclic amines) is 1. The molecule has 32 heavy (non-hydrogen) atoms. The van der Waals surface area contributed by atoms with Gasteiger partial charge in [-0.2, -0.15) is 5.10 Å². The molecule has 1 atom stereocenters. The third kappa shape index (κ3) is 4.37. The van der Waals surface area contributed by atoms with Gasteiger partial charge in [0.2, 0.25) is 0 Å². The standard InChI is InChI=1S/C26H31ClN4O/c1-32-24-13-12-21(27)16-23(24)31-26-22(11-5-6-14-28-26)25(29-31)20-10-7-15-30(18-20)17-19-8-3-2-4-9-19/h2-4,8-9,12-13,16,20,28H,5-7,10-11,14-15,17-18H2,1H3. The van der Waals surface area contributed by atoms with Gasteiger partial charge in [-0.3, -0.25) is 4.90 Å². The summed E-state index contributed by atoms with van der Waals surface area (Å²) in [7, 11) is 1.70. The maximum Gasteiger partial charge on any atom is 0.144 e. The molecule has 1 unspecified atom stereocenters. The Bertz CT molecular complexity index is 1070. The number of aromatic nitrogens is 2. The molecular formula is C26H31ClN4O. The van der Waals surface area contributed by atoms with E-state index < -0.39 is 0 Å². The highest BCUT2D eigenvalue weighted by molar-refractivity contribution is 6.30. The van der Waals surface area contributed by atoms with E-state index in [1.165, 1.54) is 42.5 Å². The van der Waals surface area contributed by atoms with Crippen LogP contribution in [-0.4, -0.2) is 41.4 Å². The van der Waals surface area contributed by atoms with E-state index in [-0.39, 0.29) is 0 Å². The monoisotopic (exact) mass is 450 g/mol. The van der Waals surface area contributed by atoms with E-state index in [2.05, 4.69) is 40.5 Å². The molecule has 6 heteroatoms. The number of anilines is 1. The van der Waals surface area contributed by atoms with Crippen molar-refractivity contribution in [2.45, 2.75) is 44.6 Å². The second-order valence-electron chi connectivity index (χ2n) is 8.88. The second-order valence-corrected chi connectivity index (χ2v) is 9.32. The lowest BCUT2D eigenvalue weighted by molar-refractivity contribution is 0.198. The van der Waals surface area contributed by atoms with Crippen LogP contribution >= 0.6 is 11.6 Å². The quantitative estimate of drug-likeness (QED) is 0.544. The maximum absolute atomic E-state index is 6.37. The number of hydrogen-bond acceptors (Lipinski definition) is 4. The van der Waals surface area contributed by atoms with Crippen molar-refractivity contribution in [3.05, 3.63) is 70.4 Å². The molecule has 2 aliphatic rings. The molecule has 0 bridgehead atoms. The summed E-state index contributed by atoms with van der Waals surface area (Å²) in [5.74, 6) is 2.33. The van der Waals surface area contributed by atoms with Crippen molar-refractivity contribution in [1.82, 2.24) is 14.7 Å². The van der Waals surface area contributed by atoms with Gasteiger partial charge in [0.05, 0.1) is 12.8 Å². The SMILES string of the molecule is COc1ccc(Cl)cc1-n1nc(C2CCCN(Cc3ccccc3)C2)c2c1NCCCC2. The molecule has 1 N–H and O–H groups in total. The molecule has 0 radical (unpaired) electrons. The fraction of sp³-hybridized carbons (Fsp3) is 0.423. The van der Waals surface area contributed by atoms with E-state index in [0.29, 0.717) is 10.9 Å². The van der Waals surface area contributed by atoms with Gasteiger partial charge >= 0.3 is 0 Å². The average molecular weight is 451 g/mol. The molecule has 3 aromatic rings. The number of nitrogens with zero attached hydrogens (tertiary/aromatic N) is 3. The summed E-state index contributed by atoms with van der Waals surface area (Å²) in [6.07, 6.45) is 5.81. The van der Waals surface area contributed by atoms with E-state index in [4.69, 9.17) is 21.4 Å². The lowest BCUT2D eigenvalue weighted by Crippen LogP contribution is -2.34. The van der Waals surface area contributed by atoms with Crippen LogP contribution in [0.2, 0.25) is 5.02 Å². The first-order valence-electron chi connectivity index (χ1n) is 11.7. The minimum absolute atomic E-state index is 0.438. The molecule has 2 aliphatic heterocycles. The summed E-state index contributed by atoms with van der Waals surface area (Å²) >= 11 is 6.37. The molecule has 5 rings (SSSR count). The lowest BCUT2D eigenvalue weighted by Gasteiger charge is -2.32.